The zero-order chi connectivity index (χ0) is 7.03. The molecular formula is C8H15NO. The van der Waals surface area contributed by atoms with Crippen molar-refractivity contribution < 1.29 is 5.11 Å². The molecule has 1 aliphatic carbocycles. The fourth-order valence-electron chi connectivity index (χ4n) is 2.22. The Labute approximate surface area is 61.6 Å². The van der Waals surface area contributed by atoms with Crippen LogP contribution >= 0.6 is 0 Å². The number of aliphatic hydroxyl groups excluding tert-OH is 1. The zero-order valence-electron chi connectivity index (χ0n) is 6.27. The second kappa shape index (κ2) is 2.21. The molecule has 1 heterocycles. The van der Waals surface area contributed by atoms with E-state index in [2.05, 4.69) is 5.32 Å². The third kappa shape index (κ3) is 0.956. The number of rotatable bonds is 0. The molecule has 1 spiro atoms. The van der Waals surface area contributed by atoms with Crippen molar-refractivity contribution in [2.45, 2.75) is 43.7 Å². The normalized spacial score (nSPS) is 47.1. The van der Waals surface area contributed by atoms with Crippen molar-refractivity contribution in [1.29, 1.82) is 0 Å². The minimum absolute atomic E-state index is 0.00870. The minimum Gasteiger partial charge on any atom is -0.393 e. The van der Waals surface area contributed by atoms with Crippen LogP contribution < -0.4 is 5.32 Å². The lowest BCUT2D eigenvalue weighted by atomic mass is 9.70. The van der Waals surface area contributed by atoms with Gasteiger partial charge in [0.25, 0.3) is 0 Å². The third-order valence-electron chi connectivity index (χ3n) is 2.83. The van der Waals surface area contributed by atoms with Gasteiger partial charge in [0.15, 0.2) is 0 Å². The average Bonchev–Trinajstić information content (AvgIpc) is 1.87. The molecule has 0 bridgehead atoms. The lowest BCUT2D eigenvalue weighted by Crippen LogP contribution is -2.59. The molecule has 0 unspecified atom stereocenters. The van der Waals surface area contributed by atoms with E-state index in [1.54, 1.807) is 0 Å². The number of piperidine rings is 1. The van der Waals surface area contributed by atoms with Gasteiger partial charge in [-0.05, 0) is 32.2 Å². The summed E-state index contributed by atoms with van der Waals surface area (Å²) in [5.74, 6) is 0. The summed E-state index contributed by atoms with van der Waals surface area (Å²) in [6.07, 6.45) is 5.92. The monoisotopic (exact) mass is 141 g/mol. The summed E-state index contributed by atoms with van der Waals surface area (Å²) in [6, 6.07) is 0. The van der Waals surface area contributed by atoms with Crippen molar-refractivity contribution in [1.82, 2.24) is 5.32 Å². The van der Waals surface area contributed by atoms with Gasteiger partial charge in [0, 0.05) is 5.54 Å². The van der Waals surface area contributed by atoms with Gasteiger partial charge in [-0.3, -0.25) is 0 Å². The standard InChI is InChI=1S/C8H15NO/c10-7-5-8(6-7)3-1-2-4-9-8/h7,9-10H,1-6H2. The van der Waals surface area contributed by atoms with Crippen LogP contribution in [0.5, 0.6) is 0 Å². The van der Waals surface area contributed by atoms with Gasteiger partial charge in [0.1, 0.15) is 0 Å². The first kappa shape index (κ1) is 6.62. The summed E-state index contributed by atoms with van der Waals surface area (Å²) in [5.41, 5.74) is 0.373. The van der Waals surface area contributed by atoms with Gasteiger partial charge >= 0.3 is 0 Å². The Morgan fingerprint density at radius 3 is 2.60 bits per heavy atom. The van der Waals surface area contributed by atoms with Crippen LogP contribution in [0.4, 0.5) is 0 Å². The topological polar surface area (TPSA) is 32.3 Å². The molecule has 10 heavy (non-hydrogen) atoms. The Balaban J connectivity index is 1.90. The molecule has 2 aliphatic rings. The Hall–Kier alpha value is -0.0800. The highest BCUT2D eigenvalue weighted by atomic mass is 16.3. The molecule has 0 radical (unpaired) electrons. The van der Waals surface area contributed by atoms with Crippen LogP contribution in [0.2, 0.25) is 0 Å². The highest BCUT2D eigenvalue weighted by Gasteiger charge is 2.43. The molecule has 2 N–H and O–H groups in total. The summed E-state index contributed by atoms with van der Waals surface area (Å²) < 4.78 is 0. The molecule has 2 nitrogen and oxygen atoms in total. The van der Waals surface area contributed by atoms with Gasteiger partial charge in [-0.15, -0.1) is 0 Å². The molecule has 2 heteroatoms. The predicted molar refractivity (Wildman–Crippen MR) is 39.8 cm³/mol. The number of nitrogens with one attached hydrogen (secondary N) is 1. The molecular weight excluding hydrogens is 126 g/mol. The lowest BCUT2D eigenvalue weighted by molar-refractivity contribution is -0.0117. The Kier molecular flexibility index (Phi) is 1.46. The van der Waals surface area contributed by atoms with E-state index < -0.39 is 0 Å². The predicted octanol–water partition coefficient (Wildman–Crippen LogP) is 0.653. The quantitative estimate of drug-likeness (QED) is 0.519. The van der Waals surface area contributed by atoms with Gasteiger partial charge < -0.3 is 10.4 Å². The maximum atomic E-state index is 9.13. The summed E-state index contributed by atoms with van der Waals surface area (Å²) in [5, 5.41) is 12.6. The number of hydrogen-bond donors (Lipinski definition) is 2. The molecule has 0 aromatic carbocycles. The molecule has 1 aliphatic heterocycles. The van der Waals surface area contributed by atoms with Crippen molar-refractivity contribution >= 4 is 0 Å². The highest BCUT2D eigenvalue weighted by molar-refractivity contribution is 5.02. The fraction of sp³-hybridized carbons (Fsp3) is 1.00. The summed E-state index contributed by atoms with van der Waals surface area (Å²) in [6.45, 7) is 1.16. The van der Waals surface area contributed by atoms with E-state index in [0.717, 1.165) is 19.4 Å². The SMILES string of the molecule is OC1CC2(CCCCN2)C1. The van der Waals surface area contributed by atoms with Crippen LogP contribution in [0.1, 0.15) is 32.1 Å². The maximum absolute atomic E-state index is 9.13. The van der Waals surface area contributed by atoms with Gasteiger partial charge in [-0.1, -0.05) is 6.42 Å². The molecule has 0 aromatic heterocycles. The van der Waals surface area contributed by atoms with Crippen molar-refractivity contribution in [3.8, 4) is 0 Å². The van der Waals surface area contributed by atoms with Crippen molar-refractivity contribution in [3.05, 3.63) is 0 Å². The van der Waals surface area contributed by atoms with Crippen molar-refractivity contribution in [2.75, 3.05) is 6.54 Å². The fourth-order valence-corrected chi connectivity index (χ4v) is 2.22. The van der Waals surface area contributed by atoms with E-state index in [4.69, 9.17) is 5.11 Å². The molecule has 1 saturated carbocycles. The van der Waals surface area contributed by atoms with Crippen LogP contribution in [-0.2, 0) is 0 Å². The first-order valence-electron chi connectivity index (χ1n) is 4.24. The second-order valence-corrected chi connectivity index (χ2v) is 3.73. The Morgan fingerprint density at radius 1 is 1.30 bits per heavy atom. The highest BCUT2D eigenvalue weighted by Crippen LogP contribution is 2.38. The second-order valence-electron chi connectivity index (χ2n) is 3.73. The summed E-state index contributed by atoms with van der Waals surface area (Å²) in [7, 11) is 0. The molecule has 0 amide bonds. The van der Waals surface area contributed by atoms with Crippen LogP contribution in [-0.4, -0.2) is 23.3 Å². The largest absolute Gasteiger partial charge is 0.393 e. The van der Waals surface area contributed by atoms with Gasteiger partial charge in [-0.25, -0.2) is 0 Å². The van der Waals surface area contributed by atoms with Gasteiger partial charge in [0.2, 0.25) is 0 Å². The Bertz CT molecular complexity index is 114. The molecule has 58 valence electrons. The Morgan fingerprint density at radius 2 is 2.10 bits per heavy atom. The van der Waals surface area contributed by atoms with E-state index in [9.17, 15) is 0 Å². The summed E-state index contributed by atoms with van der Waals surface area (Å²) in [4.78, 5) is 0. The van der Waals surface area contributed by atoms with Crippen LogP contribution in [0.25, 0.3) is 0 Å². The van der Waals surface area contributed by atoms with Crippen LogP contribution in [0, 0.1) is 0 Å². The van der Waals surface area contributed by atoms with E-state index in [-0.39, 0.29) is 6.10 Å². The molecule has 2 fully saturated rings. The molecule has 0 aromatic rings. The number of hydrogen-bond acceptors (Lipinski definition) is 2. The van der Waals surface area contributed by atoms with E-state index in [1.165, 1.54) is 19.3 Å². The summed E-state index contributed by atoms with van der Waals surface area (Å²) >= 11 is 0. The van der Waals surface area contributed by atoms with Crippen LogP contribution in [0.3, 0.4) is 0 Å². The molecule has 1 saturated heterocycles. The van der Waals surface area contributed by atoms with E-state index in [0.29, 0.717) is 5.54 Å². The average molecular weight is 141 g/mol. The first-order valence-corrected chi connectivity index (χ1v) is 4.24. The van der Waals surface area contributed by atoms with Gasteiger partial charge in [-0.2, -0.15) is 0 Å². The number of aliphatic hydroxyl groups is 1. The molecule has 2 rings (SSSR count). The van der Waals surface area contributed by atoms with Gasteiger partial charge in [0.05, 0.1) is 6.10 Å². The van der Waals surface area contributed by atoms with E-state index in [1.807, 2.05) is 0 Å². The third-order valence-corrected chi connectivity index (χ3v) is 2.83. The molecule has 0 atom stereocenters. The van der Waals surface area contributed by atoms with Crippen LogP contribution in [0.15, 0.2) is 0 Å². The van der Waals surface area contributed by atoms with Crippen molar-refractivity contribution in [3.63, 3.8) is 0 Å². The minimum atomic E-state index is -0.00870. The van der Waals surface area contributed by atoms with E-state index >= 15 is 0 Å². The lowest BCUT2D eigenvalue weighted by Gasteiger charge is -2.48. The zero-order valence-corrected chi connectivity index (χ0v) is 6.27. The first-order chi connectivity index (χ1) is 4.81. The maximum Gasteiger partial charge on any atom is 0.0575 e. The van der Waals surface area contributed by atoms with Crippen molar-refractivity contribution in [2.24, 2.45) is 0 Å². The smallest absolute Gasteiger partial charge is 0.0575 e.